The molecule has 1 N–H and O–H groups in total. The number of carbonyl (C=O) groups is 2. The van der Waals surface area contributed by atoms with E-state index >= 15 is 0 Å². The van der Waals surface area contributed by atoms with Gasteiger partial charge in [0.2, 0.25) is 0 Å². The molecule has 2 heterocycles. The fourth-order valence-electron chi connectivity index (χ4n) is 2.69. The van der Waals surface area contributed by atoms with Crippen molar-refractivity contribution in [2.45, 2.75) is 6.18 Å². The number of nitrogens with zero attached hydrogens (tertiary/aromatic N) is 2. The average Bonchev–Trinajstić information content (AvgIpc) is 3.10. The minimum atomic E-state index is -4.43. The van der Waals surface area contributed by atoms with Gasteiger partial charge in [0.1, 0.15) is 5.57 Å². The second-order valence-electron chi connectivity index (χ2n) is 5.87. The van der Waals surface area contributed by atoms with E-state index in [9.17, 15) is 22.8 Å². The fraction of sp³-hybridized carbons (Fsp3) is 0.105. The number of thiocarbonyl (C=S) groups is 1. The van der Waals surface area contributed by atoms with E-state index in [0.29, 0.717) is 11.4 Å². The molecule has 1 aromatic carbocycles. The summed E-state index contributed by atoms with van der Waals surface area (Å²) in [6.45, 7) is 3.69. The lowest BCUT2D eigenvalue weighted by molar-refractivity contribution is -0.137. The molecule has 3 rings (SSSR count). The molecule has 1 fully saturated rings. The summed E-state index contributed by atoms with van der Waals surface area (Å²) < 4.78 is 39.8. The molecule has 1 saturated heterocycles. The maximum atomic E-state index is 12.7. The number of hydrogen-bond donors (Lipinski definition) is 1. The first-order valence-corrected chi connectivity index (χ1v) is 8.48. The number of benzene rings is 1. The first-order chi connectivity index (χ1) is 13.2. The molecule has 0 radical (unpaired) electrons. The number of hydrogen-bond acceptors (Lipinski definition) is 3. The van der Waals surface area contributed by atoms with Crippen LogP contribution in [0.25, 0.3) is 11.8 Å². The van der Waals surface area contributed by atoms with Gasteiger partial charge in [-0.15, -0.1) is 6.58 Å². The van der Waals surface area contributed by atoms with E-state index in [0.717, 1.165) is 12.1 Å². The Bertz CT molecular complexity index is 991. The summed E-state index contributed by atoms with van der Waals surface area (Å²) in [6, 6.07) is 7.85. The van der Waals surface area contributed by atoms with Gasteiger partial charge in [0, 0.05) is 24.1 Å². The van der Waals surface area contributed by atoms with E-state index in [2.05, 4.69) is 11.9 Å². The molecule has 28 heavy (non-hydrogen) atoms. The second-order valence-corrected chi connectivity index (χ2v) is 6.26. The molecule has 1 aromatic heterocycles. The third kappa shape index (κ3) is 3.74. The van der Waals surface area contributed by atoms with Gasteiger partial charge in [0.15, 0.2) is 5.11 Å². The maximum absolute atomic E-state index is 12.7. The Labute approximate surface area is 163 Å². The third-order valence-corrected chi connectivity index (χ3v) is 4.37. The SMILES string of the molecule is C=CCN1C(=O)C(=Cc2cccn2-c2ccc(C(F)(F)F)cc2)C(=O)NC1=S. The van der Waals surface area contributed by atoms with E-state index in [4.69, 9.17) is 12.2 Å². The quantitative estimate of drug-likeness (QED) is 0.368. The van der Waals surface area contributed by atoms with Gasteiger partial charge in [0.25, 0.3) is 11.8 Å². The molecular formula is C19H14F3N3O2S. The van der Waals surface area contributed by atoms with E-state index in [-0.39, 0.29) is 17.2 Å². The van der Waals surface area contributed by atoms with Crippen molar-refractivity contribution in [1.29, 1.82) is 0 Å². The van der Waals surface area contributed by atoms with Crippen LogP contribution in [-0.4, -0.2) is 32.9 Å². The molecule has 0 saturated carbocycles. The highest BCUT2D eigenvalue weighted by Crippen LogP contribution is 2.30. The number of amides is 2. The van der Waals surface area contributed by atoms with E-state index < -0.39 is 23.6 Å². The van der Waals surface area contributed by atoms with Gasteiger partial charge in [-0.3, -0.25) is 19.8 Å². The van der Waals surface area contributed by atoms with Crippen molar-refractivity contribution < 1.29 is 22.8 Å². The average molecular weight is 405 g/mol. The highest BCUT2D eigenvalue weighted by atomic mass is 32.1. The van der Waals surface area contributed by atoms with Crippen LogP contribution in [0.2, 0.25) is 0 Å². The Morgan fingerprint density at radius 3 is 2.43 bits per heavy atom. The summed E-state index contributed by atoms with van der Waals surface area (Å²) in [6.07, 6.45) is 0.0311. The highest BCUT2D eigenvalue weighted by molar-refractivity contribution is 7.80. The molecular weight excluding hydrogens is 391 g/mol. The van der Waals surface area contributed by atoms with Gasteiger partial charge in [-0.1, -0.05) is 6.08 Å². The zero-order valence-electron chi connectivity index (χ0n) is 14.4. The molecule has 1 aliphatic heterocycles. The van der Waals surface area contributed by atoms with Gasteiger partial charge >= 0.3 is 6.18 Å². The Morgan fingerprint density at radius 1 is 1.14 bits per heavy atom. The van der Waals surface area contributed by atoms with Crippen LogP contribution in [0.4, 0.5) is 13.2 Å². The molecule has 9 heteroatoms. The minimum absolute atomic E-state index is 0.00910. The third-order valence-electron chi connectivity index (χ3n) is 4.04. The minimum Gasteiger partial charge on any atom is -0.317 e. The Hall–Kier alpha value is -3.20. The normalized spacial score (nSPS) is 16.5. The second kappa shape index (κ2) is 7.43. The topological polar surface area (TPSA) is 54.3 Å². The van der Waals surface area contributed by atoms with Crippen LogP contribution in [0.5, 0.6) is 0 Å². The fourth-order valence-corrected chi connectivity index (χ4v) is 2.94. The molecule has 2 aromatic rings. The number of carbonyl (C=O) groups excluding carboxylic acids is 2. The van der Waals surface area contributed by atoms with E-state index in [1.165, 1.54) is 29.2 Å². The molecule has 0 unspecified atom stereocenters. The maximum Gasteiger partial charge on any atom is 0.416 e. The van der Waals surface area contributed by atoms with Crippen LogP contribution in [0, 0.1) is 0 Å². The smallest absolute Gasteiger partial charge is 0.317 e. The predicted molar refractivity (Wildman–Crippen MR) is 101 cm³/mol. The number of aromatic nitrogens is 1. The molecule has 0 spiro atoms. The van der Waals surface area contributed by atoms with Crippen molar-refractivity contribution in [3.8, 4) is 5.69 Å². The molecule has 2 amide bonds. The van der Waals surface area contributed by atoms with Gasteiger partial charge in [-0.05, 0) is 54.7 Å². The first-order valence-electron chi connectivity index (χ1n) is 8.07. The number of rotatable bonds is 4. The van der Waals surface area contributed by atoms with Crippen LogP contribution >= 0.6 is 12.2 Å². The highest BCUT2D eigenvalue weighted by Gasteiger charge is 2.33. The van der Waals surface area contributed by atoms with Crippen molar-refractivity contribution in [3.05, 3.63) is 72.1 Å². The lowest BCUT2D eigenvalue weighted by Crippen LogP contribution is -2.53. The van der Waals surface area contributed by atoms with Crippen molar-refractivity contribution >= 4 is 35.2 Å². The van der Waals surface area contributed by atoms with E-state index in [1.807, 2.05) is 0 Å². The number of halogens is 3. The predicted octanol–water partition coefficient (Wildman–Crippen LogP) is 3.31. The number of alkyl halides is 3. The van der Waals surface area contributed by atoms with Gasteiger partial charge in [-0.25, -0.2) is 0 Å². The summed E-state index contributed by atoms with van der Waals surface area (Å²) >= 11 is 4.99. The van der Waals surface area contributed by atoms with Crippen molar-refractivity contribution in [2.24, 2.45) is 0 Å². The summed E-state index contributed by atoms with van der Waals surface area (Å²) in [5.41, 5.74) is -0.00217. The van der Waals surface area contributed by atoms with Gasteiger partial charge < -0.3 is 4.57 Å². The summed E-state index contributed by atoms with van der Waals surface area (Å²) in [7, 11) is 0. The molecule has 5 nitrogen and oxygen atoms in total. The van der Waals surface area contributed by atoms with Crippen LogP contribution in [0.15, 0.2) is 60.8 Å². The van der Waals surface area contributed by atoms with Gasteiger partial charge in [-0.2, -0.15) is 13.2 Å². The van der Waals surface area contributed by atoms with Crippen molar-refractivity contribution in [1.82, 2.24) is 14.8 Å². The lowest BCUT2D eigenvalue weighted by atomic mass is 10.1. The van der Waals surface area contributed by atoms with Crippen LogP contribution in [0.1, 0.15) is 11.3 Å². The molecule has 1 aliphatic rings. The Kier molecular flexibility index (Phi) is 5.19. The largest absolute Gasteiger partial charge is 0.416 e. The van der Waals surface area contributed by atoms with Crippen molar-refractivity contribution in [3.63, 3.8) is 0 Å². The monoisotopic (exact) mass is 405 g/mol. The Morgan fingerprint density at radius 2 is 1.82 bits per heavy atom. The summed E-state index contributed by atoms with van der Waals surface area (Å²) in [4.78, 5) is 26.0. The zero-order valence-corrected chi connectivity index (χ0v) is 15.2. The Balaban J connectivity index is 1.97. The summed E-state index contributed by atoms with van der Waals surface area (Å²) in [5.74, 6) is -1.22. The first kappa shape index (κ1) is 19.6. The van der Waals surface area contributed by atoms with Gasteiger partial charge in [0.05, 0.1) is 5.56 Å². The van der Waals surface area contributed by atoms with Crippen LogP contribution < -0.4 is 5.32 Å². The molecule has 0 aliphatic carbocycles. The lowest BCUT2D eigenvalue weighted by Gasteiger charge is -2.27. The van der Waals surface area contributed by atoms with Crippen molar-refractivity contribution in [2.75, 3.05) is 6.54 Å². The molecule has 144 valence electrons. The van der Waals surface area contributed by atoms with E-state index in [1.54, 1.807) is 22.9 Å². The summed E-state index contributed by atoms with van der Waals surface area (Å²) in [5, 5.41) is 2.43. The number of nitrogens with one attached hydrogen (secondary N) is 1. The zero-order chi connectivity index (χ0) is 20.5. The van der Waals surface area contributed by atoms with Crippen LogP contribution in [-0.2, 0) is 15.8 Å². The molecule has 0 bridgehead atoms. The van der Waals surface area contributed by atoms with Crippen LogP contribution in [0.3, 0.4) is 0 Å². The molecule has 0 atom stereocenters. The standard InChI is InChI=1S/C19H14F3N3O2S/c1-2-9-25-17(27)15(16(26)23-18(25)28)11-14-4-3-10-24(14)13-7-5-12(6-8-13)19(20,21)22/h2-8,10-11H,1,9H2,(H,23,26,28).